The van der Waals surface area contributed by atoms with Gasteiger partial charge in [0.15, 0.2) is 11.2 Å². The van der Waals surface area contributed by atoms with Crippen LogP contribution in [0.1, 0.15) is 18.5 Å². The molecule has 1 amide bonds. The van der Waals surface area contributed by atoms with Crippen LogP contribution in [0, 0.1) is 0 Å². The fraction of sp³-hybridized carbons (Fsp3) is 0.238. The molecule has 0 saturated heterocycles. The summed E-state index contributed by atoms with van der Waals surface area (Å²) in [5.41, 5.74) is 0.148. The first-order chi connectivity index (χ1) is 14.3. The summed E-state index contributed by atoms with van der Waals surface area (Å²) in [7, 11) is 2.87. The zero-order valence-corrected chi connectivity index (χ0v) is 17.5. The van der Waals surface area contributed by atoms with Crippen molar-refractivity contribution in [2.75, 3.05) is 0 Å². The molecule has 4 aromatic rings. The summed E-state index contributed by atoms with van der Waals surface area (Å²) in [6, 6.07) is 13.8. The first-order valence-electron chi connectivity index (χ1n) is 9.37. The molecule has 0 aliphatic carbocycles. The van der Waals surface area contributed by atoms with Gasteiger partial charge in [-0.2, -0.15) is 4.98 Å². The minimum Gasteiger partial charge on any atom is -0.348 e. The molecular formula is C21H20ClN5O3. The third-order valence-electron chi connectivity index (χ3n) is 5.25. The molecule has 2 aromatic heterocycles. The molecule has 0 fully saturated rings. The molecule has 1 N–H and O–H groups in total. The number of aryl methyl sites for hydroxylation is 1. The summed E-state index contributed by atoms with van der Waals surface area (Å²) in [4.78, 5) is 41.5. The smallest absolute Gasteiger partial charge is 0.332 e. The Morgan fingerprint density at radius 1 is 1.10 bits per heavy atom. The summed E-state index contributed by atoms with van der Waals surface area (Å²) in [6.07, 6.45) is 0. The number of imidazole rings is 1. The first-order valence-corrected chi connectivity index (χ1v) is 9.75. The second-order valence-electron chi connectivity index (χ2n) is 7.24. The Hall–Kier alpha value is -3.39. The number of nitrogens with one attached hydrogen (secondary N) is 1. The molecule has 30 heavy (non-hydrogen) atoms. The number of nitrogens with zero attached hydrogens (tertiary/aromatic N) is 4. The second-order valence-corrected chi connectivity index (χ2v) is 7.58. The number of rotatable bonds is 4. The van der Waals surface area contributed by atoms with E-state index < -0.39 is 11.2 Å². The highest BCUT2D eigenvalue weighted by molar-refractivity contribution is 6.29. The fourth-order valence-corrected chi connectivity index (χ4v) is 3.78. The third-order valence-corrected chi connectivity index (χ3v) is 5.54. The lowest BCUT2D eigenvalue weighted by atomic mass is 10.0. The number of carbonyl (C=O) groups excluding carboxylic acids is 1. The predicted octanol–water partition coefficient (Wildman–Crippen LogP) is 2.12. The van der Waals surface area contributed by atoms with Crippen molar-refractivity contribution in [1.82, 2.24) is 24.0 Å². The molecule has 1 atom stereocenters. The third kappa shape index (κ3) is 3.29. The van der Waals surface area contributed by atoms with Crippen LogP contribution in [0.3, 0.4) is 0 Å². The van der Waals surface area contributed by atoms with Crippen molar-refractivity contribution in [3.8, 4) is 0 Å². The number of amides is 1. The van der Waals surface area contributed by atoms with E-state index in [4.69, 9.17) is 11.6 Å². The summed E-state index contributed by atoms with van der Waals surface area (Å²) in [5.74, 6) is -0.326. The van der Waals surface area contributed by atoms with E-state index in [1.165, 1.54) is 23.2 Å². The van der Waals surface area contributed by atoms with Gasteiger partial charge in [-0.15, -0.1) is 0 Å². The van der Waals surface area contributed by atoms with E-state index in [0.717, 1.165) is 20.9 Å². The van der Waals surface area contributed by atoms with Gasteiger partial charge in [0.05, 0.1) is 6.04 Å². The van der Waals surface area contributed by atoms with Gasteiger partial charge in [0, 0.05) is 14.1 Å². The highest BCUT2D eigenvalue weighted by atomic mass is 35.5. The fourth-order valence-electron chi connectivity index (χ4n) is 3.56. The Kier molecular flexibility index (Phi) is 4.95. The topological polar surface area (TPSA) is 90.9 Å². The quantitative estimate of drug-likeness (QED) is 0.507. The maximum Gasteiger partial charge on any atom is 0.332 e. The average molecular weight is 426 g/mol. The van der Waals surface area contributed by atoms with Gasteiger partial charge in [0.2, 0.25) is 11.2 Å². The number of benzene rings is 2. The number of hydrogen-bond donors (Lipinski definition) is 1. The molecule has 8 nitrogen and oxygen atoms in total. The van der Waals surface area contributed by atoms with Gasteiger partial charge in [-0.1, -0.05) is 36.4 Å². The number of fused-ring (bicyclic) bond motifs is 2. The van der Waals surface area contributed by atoms with Gasteiger partial charge in [-0.3, -0.25) is 23.3 Å². The molecule has 0 bridgehead atoms. The monoisotopic (exact) mass is 425 g/mol. The van der Waals surface area contributed by atoms with Gasteiger partial charge in [-0.25, -0.2) is 4.79 Å². The van der Waals surface area contributed by atoms with Crippen molar-refractivity contribution >= 4 is 39.4 Å². The van der Waals surface area contributed by atoms with Crippen molar-refractivity contribution in [1.29, 1.82) is 0 Å². The van der Waals surface area contributed by atoms with E-state index in [0.29, 0.717) is 0 Å². The predicted molar refractivity (Wildman–Crippen MR) is 116 cm³/mol. The van der Waals surface area contributed by atoms with Crippen LogP contribution in [0.25, 0.3) is 21.9 Å². The summed E-state index contributed by atoms with van der Waals surface area (Å²) in [5, 5.41) is 5.11. The lowest BCUT2D eigenvalue weighted by Gasteiger charge is -2.16. The Morgan fingerprint density at radius 3 is 2.53 bits per heavy atom. The van der Waals surface area contributed by atoms with Gasteiger partial charge >= 0.3 is 5.69 Å². The number of hydrogen-bond acceptors (Lipinski definition) is 4. The Balaban J connectivity index is 1.62. The van der Waals surface area contributed by atoms with Crippen molar-refractivity contribution in [2.45, 2.75) is 19.5 Å². The SMILES string of the molecule is CC(NC(=O)Cn1c(Cl)nc2c1c(=O)n(C)c(=O)n2C)c1ccc2ccccc2c1. The second kappa shape index (κ2) is 7.46. The molecule has 4 rings (SSSR count). The van der Waals surface area contributed by atoms with Crippen LogP contribution in [-0.2, 0) is 25.4 Å². The van der Waals surface area contributed by atoms with E-state index >= 15 is 0 Å². The number of aromatic nitrogens is 4. The van der Waals surface area contributed by atoms with Gasteiger partial charge in [0.1, 0.15) is 6.54 Å². The lowest BCUT2D eigenvalue weighted by molar-refractivity contribution is -0.122. The van der Waals surface area contributed by atoms with Crippen molar-refractivity contribution in [3.63, 3.8) is 0 Å². The van der Waals surface area contributed by atoms with Crippen LogP contribution in [0.5, 0.6) is 0 Å². The zero-order chi connectivity index (χ0) is 21.6. The highest BCUT2D eigenvalue weighted by Gasteiger charge is 2.20. The Morgan fingerprint density at radius 2 is 1.80 bits per heavy atom. The minimum absolute atomic E-state index is 0.0307. The standard InChI is InChI=1S/C21H20ClN5O3/c1-12(14-9-8-13-6-4-5-7-15(13)10-14)23-16(28)11-27-17-18(24-20(27)22)25(2)21(30)26(3)19(17)29/h4-10,12H,11H2,1-3H3,(H,23,28). The molecule has 154 valence electrons. The van der Waals surface area contributed by atoms with Gasteiger partial charge in [-0.05, 0) is 40.9 Å². The number of halogens is 1. The average Bonchev–Trinajstić information content (AvgIpc) is 3.06. The molecule has 2 heterocycles. The molecule has 0 radical (unpaired) electrons. The molecular weight excluding hydrogens is 406 g/mol. The highest BCUT2D eigenvalue weighted by Crippen LogP contribution is 2.21. The van der Waals surface area contributed by atoms with Gasteiger partial charge < -0.3 is 5.32 Å². The molecule has 1 unspecified atom stereocenters. The largest absolute Gasteiger partial charge is 0.348 e. The van der Waals surface area contributed by atoms with Crippen LogP contribution < -0.4 is 16.6 Å². The summed E-state index contributed by atoms with van der Waals surface area (Å²) in [6.45, 7) is 1.69. The molecule has 9 heteroatoms. The van der Waals surface area contributed by atoms with Crippen molar-refractivity contribution in [3.05, 3.63) is 74.1 Å². The van der Waals surface area contributed by atoms with Crippen LogP contribution in [0.4, 0.5) is 0 Å². The summed E-state index contributed by atoms with van der Waals surface area (Å²) < 4.78 is 3.52. The molecule has 0 spiro atoms. The maximum absolute atomic E-state index is 12.7. The van der Waals surface area contributed by atoms with Crippen LogP contribution in [0.2, 0.25) is 5.28 Å². The van der Waals surface area contributed by atoms with Crippen molar-refractivity contribution in [2.24, 2.45) is 14.1 Å². The first kappa shape index (κ1) is 19.9. The van der Waals surface area contributed by atoms with Crippen LogP contribution in [-0.4, -0.2) is 24.6 Å². The zero-order valence-electron chi connectivity index (χ0n) is 16.7. The van der Waals surface area contributed by atoms with Crippen molar-refractivity contribution < 1.29 is 4.79 Å². The number of carbonyl (C=O) groups is 1. The maximum atomic E-state index is 12.7. The molecule has 0 aliphatic heterocycles. The lowest BCUT2D eigenvalue weighted by Crippen LogP contribution is -2.38. The van der Waals surface area contributed by atoms with Crippen LogP contribution in [0.15, 0.2) is 52.1 Å². The molecule has 2 aromatic carbocycles. The van der Waals surface area contributed by atoms with E-state index in [9.17, 15) is 14.4 Å². The van der Waals surface area contributed by atoms with Gasteiger partial charge in [0.25, 0.3) is 5.56 Å². The van der Waals surface area contributed by atoms with E-state index in [1.54, 1.807) is 0 Å². The van der Waals surface area contributed by atoms with E-state index in [1.807, 2.05) is 49.4 Å². The van der Waals surface area contributed by atoms with E-state index in [-0.39, 0.29) is 34.9 Å². The van der Waals surface area contributed by atoms with E-state index in [2.05, 4.69) is 10.3 Å². The normalized spacial score (nSPS) is 12.4. The summed E-state index contributed by atoms with van der Waals surface area (Å²) >= 11 is 6.19. The minimum atomic E-state index is -0.553. The Bertz CT molecular complexity index is 1420. The molecule has 0 aliphatic rings. The van der Waals surface area contributed by atoms with Crippen LogP contribution >= 0.6 is 11.6 Å². The Labute approximate surface area is 176 Å². The molecule has 0 saturated carbocycles.